The second-order valence-electron chi connectivity index (χ2n) is 5.28. The Kier molecular flexibility index (Phi) is 2.98. The lowest BCUT2D eigenvalue weighted by Gasteiger charge is -2.19. The van der Waals surface area contributed by atoms with Crippen molar-refractivity contribution in [1.29, 1.82) is 0 Å². The van der Waals surface area contributed by atoms with Crippen molar-refractivity contribution in [1.82, 2.24) is 19.9 Å². The topological polar surface area (TPSA) is 77.6 Å². The Morgan fingerprint density at radius 3 is 2.22 bits per heavy atom. The number of aromatic nitrogens is 4. The van der Waals surface area contributed by atoms with E-state index in [2.05, 4.69) is 40.7 Å². The van der Waals surface area contributed by atoms with Crippen LogP contribution in [0.15, 0.2) is 18.7 Å². The molecule has 2 N–H and O–H groups in total. The SMILES string of the molecule is Cc1c(N)nc(C(C)(C)C)nc1-c1cncnc1. The van der Waals surface area contributed by atoms with E-state index < -0.39 is 0 Å². The summed E-state index contributed by atoms with van der Waals surface area (Å²) in [5.41, 5.74) is 8.33. The molecule has 0 saturated heterocycles. The Hall–Kier alpha value is -2.04. The van der Waals surface area contributed by atoms with Crippen molar-refractivity contribution in [2.24, 2.45) is 0 Å². The first-order chi connectivity index (χ1) is 8.39. The molecule has 0 spiro atoms. The van der Waals surface area contributed by atoms with E-state index in [1.807, 2.05) is 6.92 Å². The van der Waals surface area contributed by atoms with Gasteiger partial charge in [-0.05, 0) is 6.92 Å². The molecule has 2 aromatic heterocycles. The van der Waals surface area contributed by atoms with Gasteiger partial charge in [-0.1, -0.05) is 20.8 Å². The number of nitrogens with two attached hydrogens (primary N) is 1. The van der Waals surface area contributed by atoms with Crippen LogP contribution in [0.5, 0.6) is 0 Å². The van der Waals surface area contributed by atoms with E-state index in [-0.39, 0.29) is 5.41 Å². The molecule has 0 aliphatic rings. The fraction of sp³-hybridized carbons (Fsp3) is 0.385. The maximum absolute atomic E-state index is 5.96. The minimum absolute atomic E-state index is 0.147. The van der Waals surface area contributed by atoms with Crippen LogP contribution in [-0.4, -0.2) is 19.9 Å². The number of hydrogen-bond acceptors (Lipinski definition) is 5. The van der Waals surface area contributed by atoms with Crippen molar-refractivity contribution in [3.05, 3.63) is 30.1 Å². The fourth-order valence-electron chi connectivity index (χ4n) is 1.57. The molecule has 0 fully saturated rings. The van der Waals surface area contributed by atoms with Gasteiger partial charge in [0.05, 0.1) is 5.69 Å². The normalized spacial score (nSPS) is 11.6. The summed E-state index contributed by atoms with van der Waals surface area (Å²) in [6, 6.07) is 0. The van der Waals surface area contributed by atoms with E-state index in [4.69, 9.17) is 5.73 Å². The zero-order valence-corrected chi connectivity index (χ0v) is 11.1. The third kappa shape index (κ3) is 2.30. The van der Waals surface area contributed by atoms with Gasteiger partial charge in [-0.2, -0.15) is 0 Å². The summed E-state index contributed by atoms with van der Waals surface area (Å²) < 4.78 is 0. The molecule has 5 heteroatoms. The van der Waals surface area contributed by atoms with Crippen LogP contribution in [0.4, 0.5) is 5.82 Å². The molecule has 0 aliphatic heterocycles. The zero-order valence-electron chi connectivity index (χ0n) is 11.1. The van der Waals surface area contributed by atoms with Crippen LogP contribution in [0.1, 0.15) is 32.2 Å². The van der Waals surface area contributed by atoms with Gasteiger partial charge in [-0.15, -0.1) is 0 Å². The highest BCUT2D eigenvalue weighted by Crippen LogP contribution is 2.27. The van der Waals surface area contributed by atoms with E-state index >= 15 is 0 Å². The van der Waals surface area contributed by atoms with Gasteiger partial charge in [0, 0.05) is 28.9 Å². The molecule has 0 saturated carbocycles. The molecule has 94 valence electrons. The van der Waals surface area contributed by atoms with Crippen molar-refractivity contribution in [3.8, 4) is 11.3 Å². The number of nitrogen functional groups attached to an aromatic ring is 1. The van der Waals surface area contributed by atoms with Crippen molar-refractivity contribution in [2.75, 3.05) is 5.73 Å². The van der Waals surface area contributed by atoms with E-state index in [0.717, 1.165) is 22.6 Å². The van der Waals surface area contributed by atoms with Crippen LogP contribution in [0.25, 0.3) is 11.3 Å². The lowest BCUT2D eigenvalue weighted by Crippen LogP contribution is -2.18. The summed E-state index contributed by atoms with van der Waals surface area (Å²) in [6.07, 6.45) is 4.95. The number of hydrogen-bond donors (Lipinski definition) is 1. The predicted molar refractivity (Wildman–Crippen MR) is 70.9 cm³/mol. The standard InChI is InChI=1S/C13H17N5/c1-8-10(9-5-15-7-16-6-9)17-12(13(2,3)4)18-11(8)14/h5-7H,1-4H3,(H2,14,17,18). The molecule has 0 aromatic carbocycles. The van der Waals surface area contributed by atoms with Crippen LogP contribution in [0.2, 0.25) is 0 Å². The highest BCUT2D eigenvalue weighted by atomic mass is 15.0. The minimum Gasteiger partial charge on any atom is -0.383 e. The van der Waals surface area contributed by atoms with Gasteiger partial charge in [0.1, 0.15) is 18.0 Å². The first-order valence-corrected chi connectivity index (χ1v) is 5.79. The Labute approximate surface area is 107 Å². The number of nitrogens with zero attached hydrogens (tertiary/aromatic N) is 4. The van der Waals surface area contributed by atoms with Gasteiger partial charge >= 0.3 is 0 Å². The third-order valence-corrected chi connectivity index (χ3v) is 2.69. The van der Waals surface area contributed by atoms with Crippen LogP contribution in [0.3, 0.4) is 0 Å². The molecule has 0 unspecified atom stereocenters. The fourth-order valence-corrected chi connectivity index (χ4v) is 1.57. The summed E-state index contributed by atoms with van der Waals surface area (Å²) in [5, 5.41) is 0. The number of rotatable bonds is 1. The van der Waals surface area contributed by atoms with Crippen molar-refractivity contribution in [3.63, 3.8) is 0 Å². The smallest absolute Gasteiger partial charge is 0.136 e. The first kappa shape index (κ1) is 12.4. The molecule has 0 radical (unpaired) electrons. The molecule has 2 rings (SSSR count). The largest absolute Gasteiger partial charge is 0.383 e. The average molecular weight is 243 g/mol. The third-order valence-electron chi connectivity index (χ3n) is 2.69. The van der Waals surface area contributed by atoms with Crippen LogP contribution < -0.4 is 5.73 Å². The maximum atomic E-state index is 5.96. The van der Waals surface area contributed by atoms with Gasteiger partial charge in [0.2, 0.25) is 0 Å². The molecule has 2 heterocycles. The van der Waals surface area contributed by atoms with Gasteiger partial charge < -0.3 is 5.73 Å². The molecular formula is C13H17N5. The molecule has 0 atom stereocenters. The summed E-state index contributed by atoms with van der Waals surface area (Å²) in [4.78, 5) is 17.0. The maximum Gasteiger partial charge on any atom is 0.136 e. The van der Waals surface area contributed by atoms with Crippen LogP contribution in [0, 0.1) is 6.92 Å². The molecule has 18 heavy (non-hydrogen) atoms. The van der Waals surface area contributed by atoms with Crippen LogP contribution >= 0.6 is 0 Å². The summed E-state index contributed by atoms with van der Waals surface area (Å²) in [5.74, 6) is 1.23. The monoisotopic (exact) mass is 243 g/mol. The quantitative estimate of drug-likeness (QED) is 0.830. The van der Waals surface area contributed by atoms with Gasteiger partial charge in [0.25, 0.3) is 0 Å². The van der Waals surface area contributed by atoms with E-state index in [9.17, 15) is 0 Å². The molecule has 0 amide bonds. The van der Waals surface area contributed by atoms with Gasteiger partial charge in [-0.3, -0.25) is 0 Å². The van der Waals surface area contributed by atoms with Crippen molar-refractivity contribution in [2.45, 2.75) is 33.1 Å². The summed E-state index contributed by atoms with van der Waals surface area (Å²) >= 11 is 0. The molecule has 2 aromatic rings. The van der Waals surface area contributed by atoms with Crippen molar-refractivity contribution < 1.29 is 0 Å². The van der Waals surface area contributed by atoms with E-state index in [1.165, 1.54) is 6.33 Å². The Bertz CT molecular complexity index is 558. The highest BCUT2D eigenvalue weighted by Gasteiger charge is 2.20. The molecule has 5 nitrogen and oxygen atoms in total. The molecule has 0 aliphatic carbocycles. The minimum atomic E-state index is -0.147. The zero-order chi connectivity index (χ0) is 13.3. The Balaban J connectivity index is 2.64. The van der Waals surface area contributed by atoms with Gasteiger partial charge in [0.15, 0.2) is 0 Å². The van der Waals surface area contributed by atoms with Crippen molar-refractivity contribution >= 4 is 5.82 Å². The van der Waals surface area contributed by atoms with Gasteiger partial charge in [-0.25, -0.2) is 19.9 Å². The highest BCUT2D eigenvalue weighted by molar-refractivity contribution is 5.65. The predicted octanol–water partition coefficient (Wildman–Crippen LogP) is 2.12. The Morgan fingerprint density at radius 2 is 1.67 bits per heavy atom. The second-order valence-corrected chi connectivity index (χ2v) is 5.28. The summed E-state index contributed by atoms with van der Waals surface area (Å²) in [7, 11) is 0. The first-order valence-electron chi connectivity index (χ1n) is 5.79. The van der Waals surface area contributed by atoms with E-state index in [1.54, 1.807) is 12.4 Å². The summed E-state index contributed by atoms with van der Waals surface area (Å²) in [6.45, 7) is 8.08. The molecular weight excluding hydrogens is 226 g/mol. The number of anilines is 1. The second kappa shape index (κ2) is 4.33. The average Bonchev–Trinajstić information content (AvgIpc) is 2.32. The Morgan fingerprint density at radius 1 is 1.06 bits per heavy atom. The van der Waals surface area contributed by atoms with E-state index in [0.29, 0.717) is 5.82 Å². The van der Waals surface area contributed by atoms with Crippen LogP contribution in [-0.2, 0) is 5.41 Å². The lowest BCUT2D eigenvalue weighted by atomic mass is 9.95. The molecule has 0 bridgehead atoms. The lowest BCUT2D eigenvalue weighted by molar-refractivity contribution is 0.546.